The fourth-order valence-electron chi connectivity index (χ4n) is 2.62. The topological polar surface area (TPSA) is 216 Å². The van der Waals surface area contributed by atoms with Crippen LogP contribution in [0.5, 0.6) is 5.75 Å². The van der Waals surface area contributed by atoms with Crippen molar-refractivity contribution < 1.29 is 37.5 Å². The quantitative estimate of drug-likeness (QED) is 0.223. The number of carbonyl (C=O) groups is 2. The maximum atomic E-state index is 12.2. The summed E-state index contributed by atoms with van der Waals surface area (Å²) in [6.45, 7) is 1.45. The zero-order valence-electron chi connectivity index (χ0n) is 16.7. The van der Waals surface area contributed by atoms with Gasteiger partial charge < -0.3 is 14.6 Å². The van der Waals surface area contributed by atoms with Crippen molar-refractivity contribution in [1.29, 1.82) is 5.26 Å². The van der Waals surface area contributed by atoms with Gasteiger partial charge in [-0.1, -0.05) is 0 Å². The number of allylic oxidation sites excluding steroid dienone is 1. The van der Waals surface area contributed by atoms with Crippen molar-refractivity contribution in [2.24, 2.45) is 10.8 Å². The van der Waals surface area contributed by atoms with Crippen LogP contribution in [0.25, 0.3) is 0 Å². The Labute approximate surface area is 181 Å². The molecule has 0 aliphatic carbocycles. The van der Waals surface area contributed by atoms with Gasteiger partial charge in [-0.15, -0.1) is 0 Å². The average Bonchev–Trinajstić information content (AvgIpc) is 2.68. The van der Waals surface area contributed by atoms with Crippen molar-refractivity contribution in [3.63, 3.8) is 0 Å². The molecule has 170 valence electrons. The Morgan fingerprint density at radius 3 is 2.59 bits per heavy atom. The number of rotatable bonds is 8. The second-order valence-electron chi connectivity index (χ2n) is 6.26. The number of aromatic carboxylic acids is 1. The van der Waals surface area contributed by atoms with E-state index in [1.807, 2.05) is 0 Å². The zero-order valence-corrected chi connectivity index (χ0v) is 17.5. The first-order valence-corrected chi connectivity index (χ1v) is 10.7. The number of aliphatic imine (C=N–C) groups is 1. The molecule has 1 atom stereocenters. The van der Waals surface area contributed by atoms with E-state index in [-0.39, 0.29) is 12.2 Å². The van der Waals surface area contributed by atoms with Gasteiger partial charge in [-0.3, -0.25) is 14.9 Å². The molecule has 1 aromatic rings. The van der Waals surface area contributed by atoms with Gasteiger partial charge in [0, 0.05) is 6.26 Å². The Morgan fingerprint density at radius 1 is 1.44 bits per heavy atom. The number of nitro groups is 1. The van der Waals surface area contributed by atoms with E-state index in [0.29, 0.717) is 5.01 Å². The summed E-state index contributed by atoms with van der Waals surface area (Å²) in [6.07, 6.45) is -0.0301. The molecule has 0 saturated heterocycles. The SMILES string of the molecule is CCOC(=O)CC1=NC(S(C)(=O)=O)N(N)C(Oc2cc(C#N)ccc2C(=O)O)=C1[N+](=O)[O-]. The number of nitrogens with zero attached hydrogens (tertiary/aromatic N) is 4. The monoisotopic (exact) mass is 467 g/mol. The van der Waals surface area contributed by atoms with Crippen molar-refractivity contribution in [1.82, 2.24) is 5.01 Å². The van der Waals surface area contributed by atoms with Crippen molar-refractivity contribution in [3.05, 3.63) is 51.0 Å². The summed E-state index contributed by atoms with van der Waals surface area (Å²) in [5, 5.41) is 30.6. The van der Waals surface area contributed by atoms with Gasteiger partial charge in [0.1, 0.15) is 17.0 Å². The molecule has 0 saturated carbocycles. The number of carboxylic acid groups (broad SMARTS) is 1. The van der Waals surface area contributed by atoms with E-state index in [0.717, 1.165) is 18.4 Å². The average molecular weight is 467 g/mol. The molecular weight excluding hydrogens is 450 g/mol. The van der Waals surface area contributed by atoms with E-state index in [4.69, 9.17) is 20.6 Å². The highest BCUT2D eigenvalue weighted by molar-refractivity contribution is 7.91. The number of hydrogen-bond donors (Lipinski definition) is 2. The molecule has 0 radical (unpaired) electrons. The molecule has 32 heavy (non-hydrogen) atoms. The molecule has 1 unspecified atom stereocenters. The first kappa shape index (κ1) is 24.2. The van der Waals surface area contributed by atoms with E-state index in [1.54, 1.807) is 6.07 Å². The van der Waals surface area contributed by atoms with Gasteiger partial charge in [-0.25, -0.2) is 29.1 Å². The lowest BCUT2D eigenvalue weighted by molar-refractivity contribution is -0.419. The smallest absolute Gasteiger partial charge is 0.352 e. The second-order valence-corrected chi connectivity index (χ2v) is 8.34. The number of carboxylic acids is 1. The van der Waals surface area contributed by atoms with Gasteiger partial charge >= 0.3 is 17.6 Å². The maximum absolute atomic E-state index is 12.2. The van der Waals surface area contributed by atoms with Gasteiger partial charge in [-0.05, 0) is 25.1 Å². The van der Waals surface area contributed by atoms with E-state index in [9.17, 15) is 33.2 Å². The molecule has 14 nitrogen and oxygen atoms in total. The number of hydrazine groups is 1. The molecule has 1 aliphatic rings. The van der Waals surface area contributed by atoms with E-state index in [1.165, 1.54) is 13.0 Å². The summed E-state index contributed by atoms with van der Waals surface area (Å²) >= 11 is 0. The highest BCUT2D eigenvalue weighted by Crippen LogP contribution is 2.29. The van der Waals surface area contributed by atoms with Crippen LogP contribution in [0.1, 0.15) is 29.3 Å². The van der Waals surface area contributed by atoms with Crippen molar-refractivity contribution >= 4 is 27.5 Å². The Kier molecular flexibility index (Phi) is 7.13. The fourth-order valence-corrected chi connectivity index (χ4v) is 3.45. The maximum Gasteiger partial charge on any atom is 0.352 e. The van der Waals surface area contributed by atoms with Crippen LogP contribution in [-0.4, -0.2) is 59.5 Å². The highest BCUT2D eigenvalue weighted by Gasteiger charge is 2.43. The van der Waals surface area contributed by atoms with E-state index < -0.39 is 67.2 Å². The number of carbonyl (C=O) groups excluding carboxylic acids is 1. The lowest BCUT2D eigenvalue weighted by Gasteiger charge is -2.30. The van der Waals surface area contributed by atoms with Crippen LogP contribution < -0.4 is 10.6 Å². The number of nitriles is 1. The number of hydrogen-bond acceptors (Lipinski definition) is 12. The minimum absolute atomic E-state index is 0.0472. The van der Waals surface area contributed by atoms with Crippen LogP contribution in [-0.2, 0) is 19.4 Å². The number of benzene rings is 1. The molecule has 2 rings (SSSR count). The summed E-state index contributed by atoms with van der Waals surface area (Å²) < 4.78 is 34.5. The van der Waals surface area contributed by atoms with Gasteiger partial charge in [0.25, 0.3) is 5.88 Å². The zero-order chi connectivity index (χ0) is 24.2. The molecule has 1 heterocycles. The van der Waals surface area contributed by atoms with Gasteiger partial charge in [0.2, 0.25) is 5.50 Å². The van der Waals surface area contributed by atoms with Crippen LogP contribution in [0.15, 0.2) is 34.8 Å². The first-order chi connectivity index (χ1) is 14.9. The number of ether oxygens (including phenoxy) is 2. The van der Waals surface area contributed by atoms with Gasteiger partial charge in [0.15, 0.2) is 9.84 Å². The number of nitrogens with two attached hydrogens (primary N) is 1. The molecule has 1 aliphatic heterocycles. The summed E-state index contributed by atoms with van der Waals surface area (Å²) in [4.78, 5) is 37.9. The van der Waals surface area contributed by atoms with Crippen molar-refractivity contribution in [2.45, 2.75) is 18.8 Å². The molecule has 0 aromatic heterocycles. The minimum atomic E-state index is -4.11. The Bertz CT molecular complexity index is 1180. The van der Waals surface area contributed by atoms with Crippen molar-refractivity contribution in [3.8, 4) is 11.8 Å². The first-order valence-electron chi connectivity index (χ1n) is 8.70. The lowest BCUT2D eigenvalue weighted by Crippen LogP contribution is -2.50. The highest BCUT2D eigenvalue weighted by atomic mass is 32.2. The van der Waals surface area contributed by atoms with E-state index in [2.05, 4.69) is 4.99 Å². The minimum Gasteiger partial charge on any atom is -0.478 e. The third-order valence-electron chi connectivity index (χ3n) is 3.95. The predicted molar refractivity (Wildman–Crippen MR) is 106 cm³/mol. The molecular formula is C17H17N5O9S. The fraction of sp³-hybridized carbons (Fsp3) is 0.294. The summed E-state index contributed by atoms with van der Waals surface area (Å²) in [5.74, 6) is 1.93. The van der Waals surface area contributed by atoms with E-state index >= 15 is 0 Å². The van der Waals surface area contributed by atoms with Crippen LogP contribution in [0.4, 0.5) is 0 Å². The normalized spacial score (nSPS) is 16.1. The molecule has 1 aromatic carbocycles. The Balaban J connectivity index is 2.73. The van der Waals surface area contributed by atoms with Crippen LogP contribution in [0.2, 0.25) is 0 Å². The van der Waals surface area contributed by atoms with Crippen LogP contribution >= 0.6 is 0 Å². The standard InChI is InChI=1S/C17H17N5O9S/c1-3-30-13(23)7-11-14(22(26)27)15(21(19)17(20-11)32(2,28)29)31-12-6-9(8-18)4-5-10(12)16(24)25/h4-6,17H,3,7,19H2,1-2H3,(H,24,25). The number of esters is 1. The molecule has 3 N–H and O–H groups in total. The van der Waals surface area contributed by atoms with Crippen molar-refractivity contribution in [2.75, 3.05) is 12.9 Å². The Hall–Kier alpha value is -4.03. The van der Waals surface area contributed by atoms with Crippen LogP contribution in [0.3, 0.4) is 0 Å². The largest absolute Gasteiger partial charge is 0.478 e. The summed E-state index contributed by atoms with van der Waals surface area (Å²) in [6, 6.07) is 4.93. The number of sulfone groups is 1. The molecule has 0 fully saturated rings. The third-order valence-corrected chi connectivity index (χ3v) is 5.04. The summed E-state index contributed by atoms with van der Waals surface area (Å²) in [7, 11) is -4.11. The predicted octanol–water partition coefficient (Wildman–Crippen LogP) is -0.00722. The van der Waals surface area contributed by atoms with Crippen LogP contribution in [0, 0.1) is 21.4 Å². The second kappa shape index (κ2) is 9.41. The molecule has 0 amide bonds. The Morgan fingerprint density at radius 2 is 2.09 bits per heavy atom. The molecule has 15 heteroatoms. The lowest BCUT2D eigenvalue weighted by atomic mass is 10.1. The van der Waals surface area contributed by atoms with Gasteiger partial charge in [0.05, 0.1) is 29.6 Å². The third kappa shape index (κ3) is 5.17. The summed E-state index contributed by atoms with van der Waals surface area (Å²) in [5.41, 5.74) is -4.03. The molecule has 0 spiro atoms. The molecule has 0 bridgehead atoms. The van der Waals surface area contributed by atoms with Gasteiger partial charge in [-0.2, -0.15) is 5.26 Å².